The smallest absolute Gasteiger partial charge is 0.248 e. The van der Waals surface area contributed by atoms with E-state index in [4.69, 9.17) is 18.9 Å². The number of benzene rings is 2. The lowest BCUT2D eigenvalue weighted by atomic mass is 10.0. The molecule has 2 aromatic carbocycles. The van der Waals surface area contributed by atoms with E-state index < -0.39 is 5.60 Å². The number of aliphatic hydroxyl groups is 1. The monoisotopic (exact) mass is 538 g/mol. The topological polar surface area (TPSA) is 98.5 Å². The van der Waals surface area contributed by atoms with Crippen molar-refractivity contribution >= 4 is 5.91 Å². The summed E-state index contributed by atoms with van der Waals surface area (Å²) >= 11 is 0. The molecular weight excluding hydrogens is 500 g/mol. The molecule has 39 heavy (non-hydrogen) atoms. The molecule has 4 rings (SSSR count). The number of rotatable bonds is 12. The van der Waals surface area contributed by atoms with Crippen molar-refractivity contribution in [2.45, 2.75) is 25.6 Å². The first-order chi connectivity index (χ1) is 18.9. The number of ether oxygens (including phenoxy) is 4. The van der Waals surface area contributed by atoms with Gasteiger partial charge in [0.15, 0.2) is 11.5 Å². The molecule has 1 aromatic heterocycles. The van der Waals surface area contributed by atoms with E-state index in [0.29, 0.717) is 56.6 Å². The lowest BCUT2D eigenvalue weighted by molar-refractivity contribution is -0.138. The van der Waals surface area contributed by atoms with Crippen LogP contribution >= 0.6 is 0 Å². The minimum Gasteiger partial charge on any atom is -0.493 e. The summed E-state index contributed by atoms with van der Waals surface area (Å²) in [5.74, 6) is 1.80. The Labute approximate surface area is 229 Å². The van der Waals surface area contributed by atoms with Crippen molar-refractivity contribution in [1.29, 1.82) is 0 Å². The number of aromatic nitrogens is 2. The molecule has 0 spiro atoms. The highest BCUT2D eigenvalue weighted by molar-refractivity contribution is 5.77. The largest absolute Gasteiger partial charge is 0.493 e. The van der Waals surface area contributed by atoms with E-state index in [0.717, 1.165) is 11.1 Å². The summed E-state index contributed by atoms with van der Waals surface area (Å²) in [4.78, 5) is 16.5. The van der Waals surface area contributed by atoms with Gasteiger partial charge in [0, 0.05) is 45.7 Å². The van der Waals surface area contributed by atoms with Crippen molar-refractivity contribution < 1.29 is 28.8 Å². The van der Waals surface area contributed by atoms with E-state index in [2.05, 4.69) is 10.00 Å². The van der Waals surface area contributed by atoms with Crippen LogP contribution in [0.1, 0.15) is 11.1 Å². The zero-order chi connectivity index (χ0) is 27.7. The van der Waals surface area contributed by atoms with Gasteiger partial charge in [0.2, 0.25) is 5.91 Å². The summed E-state index contributed by atoms with van der Waals surface area (Å²) in [6.45, 7) is 5.18. The predicted molar refractivity (Wildman–Crippen MR) is 146 cm³/mol. The Hall–Kier alpha value is -3.60. The van der Waals surface area contributed by atoms with Gasteiger partial charge in [-0.1, -0.05) is 23.8 Å². The van der Waals surface area contributed by atoms with Crippen LogP contribution in [0.25, 0.3) is 0 Å². The lowest BCUT2D eigenvalue weighted by Gasteiger charge is -2.33. The Bertz CT molecular complexity index is 1190. The second-order valence-corrected chi connectivity index (χ2v) is 9.89. The van der Waals surface area contributed by atoms with E-state index in [1.54, 1.807) is 18.2 Å². The first-order valence-corrected chi connectivity index (χ1v) is 13.1. The van der Waals surface area contributed by atoms with Crippen molar-refractivity contribution in [3.8, 4) is 17.2 Å². The van der Waals surface area contributed by atoms with E-state index >= 15 is 0 Å². The summed E-state index contributed by atoms with van der Waals surface area (Å²) in [5, 5.41) is 15.9. The van der Waals surface area contributed by atoms with Crippen molar-refractivity contribution in [2.75, 3.05) is 60.2 Å². The Morgan fingerprint density at radius 2 is 1.87 bits per heavy atom. The quantitative estimate of drug-likeness (QED) is 0.375. The number of amides is 1. The molecule has 1 N–H and O–H groups in total. The highest BCUT2D eigenvalue weighted by Crippen LogP contribution is 2.29. The van der Waals surface area contributed by atoms with Gasteiger partial charge >= 0.3 is 0 Å². The Morgan fingerprint density at radius 3 is 2.59 bits per heavy atom. The predicted octanol–water partition coefficient (Wildman–Crippen LogP) is 2.38. The number of methoxy groups -OCH3 is 2. The molecule has 1 atom stereocenters. The van der Waals surface area contributed by atoms with Gasteiger partial charge < -0.3 is 29.0 Å². The van der Waals surface area contributed by atoms with Crippen molar-refractivity contribution in [3.63, 3.8) is 0 Å². The lowest BCUT2D eigenvalue weighted by Crippen LogP contribution is -2.52. The molecule has 1 amide bonds. The summed E-state index contributed by atoms with van der Waals surface area (Å²) < 4.78 is 24.4. The molecule has 0 aliphatic carbocycles. The Morgan fingerprint density at radius 1 is 1.05 bits per heavy atom. The molecule has 1 aliphatic heterocycles. The van der Waals surface area contributed by atoms with Gasteiger partial charge in [-0.05, 0) is 42.8 Å². The zero-order valence-electron chi connectivity index (χ0n) is 22.9. The maximum absolute atomic E-state index is 12.7. The average molecular weight is 539 g/mol. The van der Waals surface area contributed by atoms with Crippen molar-refractivity contribution in [3.05, 3.63) is 72.1 Å². The SMILES string of the molecule is COCC(=O)N1CCN(Cc2ccc(OC)c(OCCn3cccn3)c2)CC(O)(COc2ccc(C)cc2)C1. The summed E-state index contributed by atoms with van der Waals surface area (Å²) in [5.41, 5.74) is 0.853. The second kappa shape index (κ2) is 13.5. The third-order valence-corrected chi connectivity index (χ3v) is 6.61. The molecule has 1 aliphatic rings. The molecule has 210 valence electrons. The fraction of sp³-hybridized carbons (Fsp3) is 0.448. The first kappa shape index (κ1) is 28.4. The number of carbonyl (C=O) groups is 1. The molecule has 0 saturated carbocycles. The first-order valence-electron chi connectivity index (χ1n) is 13.1. The van der Waals surface area contributed by atoms with Crippen LogP contribution in [-0.2, 0) is 22.6 Å². The summed E-state index contributed by atoms with van der Waals surface area (Å²) in [7, 11) is 3.11. The number of carbonyl (C=O) groups excluding carboxylic acids is 1. The fourth-order valence-electron chi connectivity index (χ4n) is 4.62. The summed E-state index contributed by atoms with van der Waals surface area (Å²) in [6, 6.07) is 15.4. The van der Waals surface area contributed by atoms with Gasteiger partial charge in [-0.2, -0.15) is 5.10 Å². The molecule has 10 heteroatoms. The Kier molecular flexibility index (Phi) is 9.80. The third-order valence-electron chi connectivity index (χ3n) is 6.61. The zero-order valence-corrected chi connectivity index (χ0v) is 22.9. The minimum absolute atomic E-state index is 0.0351. The van der Waals surface area contributed by atoms with E-state index in [-0.39, 0.29) is 25.7 Å². The number of β-amino-alcohol motifs (C(OH)–C–C–N with tert-alkyl or cyclic N) is 1. The van der Waals surface area contributed by atoms with Crippen LogP contribution in [0.3, 0.4) is 0 Å². The maximum atomic E-state index is 12.7. The van der Waals surface area contributed by atoms with Crippen LogP contribution in [-0.4, -0.2) is 96.4 Å². The number of hydrogen-bond donors (Lipinski definition) is 1. The molecule has 2 heterocycles. The van der Waals surface area contributed by atoms with Crippen LogP contribution in [0.2, 0.25) is 0 Å². The van der Waals surface area contributed by atoms with Crippen LogP contribution in [0.15, 0.2) is 60.9 Å². The van der Waals surface area contributed by atoms with E-state index in [1.165, 1.54) is 7.11 Å². The molecule has 0 bridgehead atoms. The van der Waals surface area contributed by atoms with Crippen LogP contribution in [0, 0.1) is 6.92 Å². The highest BCUT2D eigenvalue weighted by atomic mass is 16.5. The standard InChI is InChI=1S/C29H38N4O6/c1-23-5-8-25(9-6-23)39-22-29(35)20-31(13-14-32(21-29)28(34)19-36-2)18-24-7-10-26(37-3)27(17-24)38-16-15-33-12-4-11-30-33/h4-12,17,35H,13-16,18-22H2,1-3H3. The third kappa shape index (κ3) is 8.19. The molecule has 1 unspecified atom stereocenters. The van der Waals surface area contributed by atoms with Gasteiger partial charge in [0.25, 0.3) is 0 Å². The van der Waals surface area contributed by atoms with Gasteiger partial charge in [0.1, 0.15) is 31.2 Å². The summed E-state index contributed by atoms with van der Waals surface area (Å²) in [6.07, 6.45) is 3.63. The molecule has 1 fully saturated rings. The van der Waals surface area contributed by atoms with Crippen LogP contribution in [0.5, 0.6) is 17.2 Å². The fourth-order valence-corrected chi connectivity index (χ4v) is 4.62. The van der Waals surface area contributed by atoms with Gasteiger partial charge in [0.05, 0.1) is 20.2 Å². The average Bonchev–Trinajstić information content (AvgIpc) is 3.38. The van der Waals surface area contributed by atoms with Gasteiger partial charge in [-0.3, -0.25) is 14.4 Å². The number of aryl methyl sites for hydroxylation is 1. The molecule has 10 nitrogen and oxygen atoms in total. The van der Waals surface area contributed by atoms with Gasteiger partial charge in [-0.25, -0.2) is 0 Å². The van der Waals surface area contributed by atoms with E-state index in [9.17, 15) is 9.90 Å². The van der Waals surface area contributed by atoms with Crippen LogP contribution in [0.4, 0.5) is 0 Å². The van der Waals surface area contributed by atoms with Crippen LogP contribution < -0.4 is 14.2 Å². The maximum Gasteiger partial charge on any atom is 0.248 e. The van der Waals surface area contributed by atoms with Crippen molar-refractivity contribution in [1.82, 2.24) is 19.6 Å². The highest BCUT2D eigenvalue weighted by Gasteiger charge is 2.37. The molecule has 0 radical (unpaired) electrons. The normalized spacial score (nSPS) is 18.0. The van der Waals surface area contributed by atoms with E-state index in [1.807, 2.05) is 66.3 Å². The Balaban J connectivity index is 1.46. The minimum atomic E-state index is -1.28. The molecular formula is C29H38N4O6. The number of hydrogen-bond acceptors (Lipinski definition) is 8. The van der Waals surface area contributed by atoms with Gasteiger partial charge in [-0.15, -0.1) is 0 Å². The van der Waals surface area contributed by atoms with Crippen molar-refractivity contribution in [2.24, 2.45) is 0 Å². The number of nitrogens with zero attached hydrogens (tertiary/aromatic N) is 4. The second-order valence-electron chi connectivity index (χ2n) is 9.89. The molecule has 3 aromatic rings. The molecule has 1 saturated heterocycles.